The van der Waals surface area contributed by atoms with Gasteiger partial charge in [-0.1, -0.05) is 25.4 Å². The average Bonchev–Trinajstić information content (AvgIpc) is 2.68. The Morgan fingerprint density at radius 3 is 2.32 bits per heavy atom. The molecule has 0 saturated heterocycles. The number of hydrogen-bond donors (Lipinski definition) is 2. The molecule has 0 aliphatic rings. The first-order valence-electron chi connectivity index (χ1n) is 5.76. The van der Waals surface area contributed by atoms with E-state index >= 15 is 0 Å². The molecule has 0 fully saturated rings. The van der Waals surface area contributed by atoms with E-state index in [1.54, 1.807) is 24.3 Å². The van der Waals surface area contributed by atoms with Gasteiger partial charge in [-0.3, -0.25) is 9.89 Å². The Morgan fingerprint density at radius 1 is 1.32 bits per heavy atom. The van der Waals surface area contributed by atoms with E-state index in [0.717, 1.165) is 0 Å². The number of rotatable bonds is 3. The largest absolute Gasteiger partial charge is 0.477 e. The standard InChI is InChI=1S/C13H13ClN2O3/c1-7(2)11-10(13(18)19)12(17)16(15-11)9-5-3-8(14)4-6-9/h3-7,15H,1-2H3,(H,18,19). The first kappa shape index (κ1) is 13.4. The molecule has 2 rings (SSSR count). The Morgan fingerprint density at radius 2 is 1.89 bits per heavy atom. The summed E-state index contributed by atoms with van der Waals surface area (Å²) in [7, 11) is 0. The van der Waals surface area contributed by atoms with E-state index in [1.165, 1.54) is 4.68 Å². The minimum atomic E-state index is -1.22. The van der Waals surface area contributed by atoms with E-state index in [0.29, 0.717) is 16.4 Å². The third-order valence-corrected chi connectivity index (χ3v) is 3.05. The van der Waals surface area contributed by atoms with Gasteiger partial charge in [0.2, 0.25) is 0 Å². The van der Waals surface area contributed by atoms with Gasteiger partial charge in [-0.15, -0.1) is 0 Å². The third-order valence-electron chi connectivity index (χ3n) is 2.79. The van der Waals surface area contributed by atoms with Crippen LogP contribution in [0.25, 0.3) is 5.69 Å². The summed E-state index contributed by atoms with van der Waals surface area (Å²) in [5.74, 6) is -1.31. The molecule has 0 radical (unpaired) electrons. The molecule has 19 heavy (non-hydrogen) atoms. The van der Waals surface area contributed by atoms with Gasteiger partial charge in [0.05, 0.1) is 11.4 Å². The molecule has 0 bridgehead atoms. The monoisotopic (exact) mass is 280 g/mol. The Balaban J connectivity index is 2.66. The highest BCUT2D eigenvalue weighted by molar-refractivity contribution is 6.30. The summed E-state index contributed by atoms with van der Waals surface area (Å²) < 4.78 is 1.22. The zero-order chi connectivity index (χ0) is 14.2. The topological polar surface area (TPSA) is 75.1 Å². The van der Waals surface area contributed by atoms with Crippen LogP contribution in [0.1, 0.15) is 35.8 Å². The summed E-state index contributed by atoms with van der Waals surface area (Å²) in [6, 6.07) is 6.57. The van der Waals surface area contributed by atoms with Crippen LogP contribution in [0.15, 0.2) is 29.1 Å². The number of carboxylic acid groups (broad SMARTS) is 1. The molecule has 2 N–H and O–H groups in total. The van der Waals surface area contributed by atoms with E-state index < -0.39 is 11.5 Å². The quantitative estimate of drug-likeness (QED) is 0.907. The van der Waals surface area contributed by atoms with Crippen LogP contribution >= 0.6 is 11.6 Å². The lowest BCUT2D eigenvalue weighted by Gasteiger charge is -2.03. The minimum absolute atomic E-state index is 0.0904. The van der Waals surface area contributed by atoms with Gasteiger partial charge >= 0.3 is 5.97 Å². The molecule has 6 heteroatoms. The van der Waals surface area contributed by atoms with Crippen LogP contribution in [0.3, 0.4) is 0 Å². The number of aromatic nitrogens is 2. The minimum Gasteiger partial charge on any atom is -0.477 e. The molecular weight excluding hydrogens is 268 g/mol. The molecule has 2 aromatic rings. The lowest BCUT2D eigenvalue weighted by atomic mass is 10.1. The number of H-pyrrole nitrogens is 1. The second kappa shape index (κ2) is 4.93. The van der Waals surface area contributed by atoms with Crippen LogP contribution in [0.2, 0.25) is 5.02 Å². The van der Waals surface area contributed by atoms with E-state index in [1.807, 2.05) is 13.8 Å². The van der Waals surface area contributed by atoms with Crippen LogP contribution < -0.4 is 5.56 Å². The number of carbonyl (C=O) groups is 1. The predicted molar refractivity (Wildman–Crippen MR) is 72.4 cm³/mol. The van der Waals surface area contributed by atoms with Crippen molar-refractivity contribution in [1.82, 2.24) is 9.78 Å². The normalized spacial score (nSPS) is 10.9. The maximum atomic E-state index is 12.1. The average molecular weight is 281 g/mol. The summed E-state index contributed by atoms with van der Waals surface area (Å²) in [6.07, 6.45) is 0. The van der Waals surface area contributed by atoms with E-state index in [-0.39, 0.29) is 11.5 Å². The van der Waals surface area contributed by atoms with Crippen molar-refractivity contribution in [2.75, 3.05) is 0 Å². The number of halogens is 1. The van der Waals surface area contributed by atoms with Gasteiger partial charge in [-0.25, -0.2) is 9.48 Å². The molecule has 0 amide bonds. The number of nitrogens with one attached hydrogen (secondary N) is 1. The molecule has 1 aromatic heterocycles. The molecule has 0 spiro atoms. The van der Waals surface area contributed by atoms with Gasteiger partial charge in [-0.05, 0) is 30.2 Å². The summed E-state index contributed by atoms with van der Waals surface area (Å²) >= 11 is 5.78. The highest BCUT2D eigenvalue weighted by atomic mass is 35.5. The van der Waals surface area contributed by atoms with E-state index in [9.17, 15) is 9.59 Å². The summed E-state index contributed by atoms with van der Waals surface area (Å²) in [5.41, 5.74) is 0.166. The number of benzene rings is 1. The van der Waals surface area contributed by atoms with Gasteiger partial charge in [0.1, 0.15) is 5.56 Å². The first-order chi connectivity index (χ1) is 8.91. The van der Waals surface area contributed by atoms with Crippen molar-refractivity contribution in [1.29, 1.82) is 0 Å². The van der Waals surface area contributed by atoms with Crippen molar-refractivity contribution in [3.8, 4) is 5.69 Å². The second-order valence-electron chi connectivity index (χ2n) is 4.48. The van der Waals surface area contributed by atoms with Crippen molar-refractivity contribution in [3.63, 3.8) is 0 Å². The van der Waals surface area contributed by atoms with E-state index in [4.69, 9.17) is 16.7 Å². The predicted octanol–water partition coefficient (Wildman–Crippen LogP) is 2.64. The molecule has 5 nitrogen and oxygen atoms in total. The highest BCUT2D eigenvalue weighted by Gasteiger charge is 2.22. The van der Waals surface area contributed by atoms with Crippen molar-refractivity contribution in [2.24, 2.45) is 0 Å². The SMILES string of the molecule is CC(C)c1[nH]n(-c2ccc(Cl)cc2)c(=O)c1C(=O)O. The van der Waals surface area contributed by atoms with Crippen LogP contribution in [-0.4, -0.2) is 20.9 Å². The van der Waals surface area contributed by atoms with Crippen LogP contribution in [0.4, 0.5) is 0 Å². The number of nitrogens with zero attached hydrogens (tertiary/aromatic N) is 1. The zero-order valence-corrected chi connectivity index (χ0v) is 11.2. The Hall–Kier alpha value is -2.01. The number of hydrogen-bond acceptors (Lipinski definition) is 2. The lowest BCUT2D eigenvalue weighted by Crippen LogP contribution is -2.20. The molecule has 0 aliphatic carbocycles. The van der Waals surface area contributed by atoms with Crippen molar-refractivity contribution in [2.45, 2.75) is 19.8 Å². The maximum Gasteiger partial charge on any atom is 0.343 e. The van der Waals surface area contributed by atoms with Crippen LogP contribution in [-0.2, 0) is 0 Å². The van der Waals surface area contributed by atoms with E-state index in [2.05, 4.69) is 5.10 Å². The fourth-order valence-electron chi connectivity index (χ4n) is 1.85. The van der Waals surface area contributed by atoms with Crippen LogP contribution in [0, 0.1) is 0 Å². The van der Waals surface area contributed by atoms with Crippen molar-refractivity contribution >= 4 is 17.6 Å². The van der Waals surface area contributed by atoms with Gasteiger partial charge in [0.15, 0.2) is 0 Å². The molecule has 1 aromatic carbocycles. The maximum absolute atomic E-state index is 12.1. The molecule has 0 unspecified atom stereocenters. The lowest BCUT2D eigenvalue weighted by molar-refractivity contribution is 0.0694. The number of aromatic amines is 1. The molecular formula is C13H13ClN2O3. The Bertz CT molecular complexity index is 668. The van der Waals surface area contributed by atoms with Gasteiger partial charge in [-0.2, -0.15) is 0 Å². The third kappa shape index (κ3) is 2.42. The number of carboxylic acids is 1. The smallest absolute Gasteiger partial charge is 0.343 e. The molecule has 100 valence electrons. The summed E-state index contributed by atoms with van der Waals surface area (Å²) in [5, 5.41) is 12.5. The molecule has 0 saturated carbocycles. The fourth-order valence-corrected chi connectivity index (χ4v) is 1.98. The van der Waals surface area contributed by atoms with Gasteiger partial charge in [0.25, 0.3) is 5.56 Å². The number of aromatic carboxylic acids is 1. The zero-order valence-electron chi connectivity index (χ0n) is 10.5. The van der Waals surface area contributed by atoms with Crippen molar-refractivity contribution in [3.05, 3.63) is 50.9 Å². The van der Waals surface area contributed by atoms with Gasteiger partial charge in [0, 0.05) is 5.02 Å². The van der Waals surface area contributed by atoms with Crippen LogP contribution in [0.5, 0.6) is 0 Å². The summed E-state index contributed by atoms with van der Waals surface area (Å²) in [4.78, 5) is 23.3. The first-order valence-corrected chi connectivity index (χ1v) is 6.13. The highest BCUT2D eigenvalue weighted by Crippen LogP contribution is 2.17. The van der Waals surface area contributed by atoms with Gasteiger partial charge < -0.3 is 5.11 Å². The Labute approximate surface area is 114 Å². The summed E-state index contributed by atoms with van der Waals surface area (Å²) in [6.45, 7) is 3.65. The van der Waals surface area contributed by atoms with Crippen molar-refractivity contribution < 1.29 is 9.90 Å². The molecule has 0 atom stereocenters. The molecule has 0 aliphatic heterocycles. The Kier molecular flexibility index (Phi) is 3.48. The molecule has 1 heterocycles. The fraction of sp³-hybridized carbons (Fsp3) is 0.231. The second-order valence-corrected chi connectivity index (χ2v) is 4.91.